The maximum atomic E-state index is 7.91. The first-order valence-electron chi connectivity index (χ1n) is 31.8. The second-order valence-electron chi connectivity index (χ2n) is 32.4. The van der Waals surface area contributed by atoms with E-state index in [1.165, 1.54) is 140 Å². The van der Waals surface area contributed by atoms with Crippen molar-refractivity contribution in [2.75, 3.05) is 9.80 Å². The molecule has 0 N–H and O–H groups in total. The maximum Gasteiger partial charge on any atom is 0.297 e. The fourth-order valence-electron chi connectivity index (χ4n) is 17.3. The Labute approximate surface area is 496 Å². The van der Waals surface area contributed by atoms with Crippen molar-refractivity contribution in [3.63, 3.8) is 0 Å². The predicted octanol–water partition coefficient (Wildman–Crippen LogP) is 20.2. The predicted molar refractivity (Wildman–Crippen MR) is 357 cm³/mol. The van der Waals surface area contributed by atoms with Gasteiger partial charge >= 0.3 is 0 Å². The third-order valence-corrected chi connectivity index (χ3v) is 23.1. The van der Waals surface area contributed by atoms with Crippen molar-refractivity contribution in [3.8, 4) is 11.1 Å². The zero-order chi connectivity index (χ0) is 58.2. The molecule has 3 heterocycles. The average molecular weight is 1090 g/mol. The number of rotatable bonds is 3. The van der Waals surface area contributed by atoms with Gasteiger partial charge in [-0.1, -0.05) is 178 Å². The molecule has 0 saturated carbocycles. The number of anilines is 6. The van der Waals surface area contributed by atoms with Crippen LogP contribution in [0.25, 0.3) is 43.6 Å². The summed E-state index contributed by atoms with van der Waals surface area (Å²) in [6.45, 7) is 42.0. The maximum absolute atomic E-state index is 7.91. The number of fused-ring (bicyclic) bond motifs is 13. The smallest absolute Gasteiger partial charge is 0.297 e. The van der Waals surface area contributed by atoms with Crippen LogP contribution in [0.5, 0.6) is 0 Å². The molecule has 4 heteroatoms. The van der Waals surface area contributed by atoms with Crippen LogP contribution in [0.3, 0.4) is 0 Å². The van der Waals surface area contributed by atoms with Crippen LogP contribution in [0.1, 0.15) is 212 Å². The van der Waals surface area contributed by atoms with Crippen molar-refractivity contribution in [1.82, 2.24) is 0 Å². The van der Waals surface area contributed by atoms with Crippen LogP contribution in [-0.2, 0) is 43.3 Å². The Morgan fingerprint density at radius 3 is 1.47 bits per heavy atom. The van der Waals surface area contributed by atoms with Crippen molar-refractivity contribution in [1.29, 1.82) is 0 Å². The van der Waals surface area contributed by atoms with Gasteiger partial charge in [0, 0.05) is 33.7 Å². The molecule has 2 aliphatic heterocycles. The molecule has 6 aliphatic rings. The molecule has 1 aromatic heterocycles. The monoisotopic (exact) mass is 1090 g/mol. The Balaban J connectivity index is 1.10. The average Bonchev–Trinajstić information content (AvgIpc) is 2.09. The highest BCUT2D eigenvalue weighted by Crippen LogP contribution is 2.58. The van der Waals surface area contributed by atoms with Gasteiger partial charge in [-0.25, -0.2) is 0 Å². The zero-order valence-electron chi connectivity index (χ0n) is 53.1. The molecule has 0 atom stereocenters. The lowest BCUT2D eigenvalue weighted by atomic mass is 9.35. The van der Waals surface area contributed by atoms with Crippen LogP contribution in [0, 0.1) is 6.92 Å². The van der Waals surface area contributed by atoms with Gasteiger partial charge in [-0.05, 0) is 244 Å². The van der Waals surface area contributed by atoms with Gasteiger partial charge in [-0.2, -0.15) is 0 Å². The first kappa shape index (κ1) is 53.2. The Kier molecular flexibility index (Phi) is 10.8. The number of furan rings is 1. The highest BCUT2D eigenvalue weighted by molar-refractivity contribution is 7.00. The van der Waals surface area contributed by atoms with E-state index in [1.54, 1.807) is 0 Å². The van der Waals surface area contributed by atoms with Crippen LogP contribution < -0.4 is 26.4 Å². The molecule has 422 valence electrons. The largest absolute Gasteiger partial charge is 0.468 e. The summed E-state index contributed by atoms with van der Waals surface area (Å²) in [5, 5.41) is 6.39. The molecule has 15 rings (SSSR count). The molecular formula is C79H87BN2O. The molecule has 3 nitrogen and oxygen atoms in total. The van der Waals surface area contributed by atoms with E-state index in [1.807, 2.05) is 0 Å². The summed E-state index contributed by atoms with van der Waals surface area (Å²) in [5.74, 6) is 0. The van der Waals surface area contributed by atoms with Crippen LogP contribution >= 0.6 is 0 Å². The van der Waals surface area contributed by atoms with Gasteiger partial charge in [0.25, 0.3) is 6.71 Å². The molecule has 8 aromatic carbocycles. The lowest BCUT2D eigenvalue weighted by Gasteiger charge is -2.48. The Hall–Kier alpha value is -6.52. The molecule has 0 spiro atoms. The van der Waals surface area contributed by atoms with E-state index in [4.69, 9.17) is 4.42 Å². The minimum absolute atomic E-state index is 0.00199. The summed E-state index contributed by atoms with van der Waals surface area (Å²) in [4.78, 5) is 5.48. The summed E-state index contributed by atoms with van der Waals surface area (Å²) >= 11 is 0. The van der Waals surface area contributed by atoms with Gasteiger partial charge in [-0.15, -0.1) is 0 Å². The van der Waals surface area contributed by atoms with Gasteiger partial charge in [0.2, 0.25) is 0 Å². The molecule has 0 radical (unpaired) electrons. The Morgan fingerprint density at radius 2 is 0.855 bits per heavy atom. The molecule has 0 saturated heterocycles. The SMILES string of the molecule is Cc1cc2c3c(c1)N(c1ccc4c(c1)C(C)(C)CCC4(C)C)c1c(oc4cc5c(cc14)C(C)(C)CCC5(C)C)B3c1cc3c(cc1N2c1cc2c(cc1-c1cccc4c1ccc1ccccc14)C(C)(C)CCC2(C)C)C(C)(C)CCC3(C)C. The minimum atomic E-state index is -0.164. The summed E-state index contributed by atoms with van der Waals surface area (Å²) < 4.78 is 7.91. The lowest BCUT2D eigenvalue weighted by molar-refractivity contribution is 0.332. The van der Waals surface area contributed by atoms with Crippen LogP contribution in [0.15, 0.2) is 126 Å². The normalized spacial score (nSPS) is 21.1. The first-order valence-corrected chi connectivity index (χ1v) is 31.8. The highest BCUT2D eigenvalue weighted by Gasteiger charge is 2.51. The Morgan fingerprint density at radius 1 is 0.361 bits per heavy atom. The van der Waals surface area contributed by atoms with Crippen LogP contribution in [0.2, 0.25) is 0 Å². The lowest BCUT2D eigenvalue weighted by Crippen LogP contribution is -2.61. The van der Waals surface area contributed by atoms with E-state index in [-0.39, 0.29) is 50.0 Å². The third-order valence-electron chi connectivity index (χ3n) is 23.1. The Bertz CT molecular complexity index is 4320. The number of nitrogens with zero attached hydrogens (tertiary/aromatic N) is 2. The number of hydrogen-bond acceptors (Lipinski definition) is 3. The molecule has 0 amide bonds. The van der Waals surface area contributed by atoms with Gasteiger partial charge in [0.05, 0.1) is 17.0 Å². The fraction of sp³-hybridized carbons (Fsp3) is 0.418. The summed E-state index contributed by atoms with van der Waals surface area (Å²) in [6.07, 6.45) is 9.20. The number of benzene rings is 8. The molecule has 0 unspecified atom stereocenters. The van der Waals surface area contributed by atoms with Crippen molar-refractivity contribution in [2.24, 2.45) is 0 Å². The van der Waals surface area contributed by atoms with Crippen LogP contribution in [-0.4, -0.2) is 6.71 Å². The molecule has 0 bridgehead atoms. The van der Waals surface area contributed by atoms with E-state index in [9.17, 15) is 0 Å². The van der Waals surface area contributed by atoms with E-state index in [0.29, 0.717) is 0 Å². The zero-order valence-corrected chi connectivity index (χ0v) is 53.1. The van der Waals surface area contributed by atoms with Gasteiger partial charge in [-0.3, -0.25) is 0 Å². The standard InChI is InChI=1S/C79H87BN2O/c1-46-37-66-69-67(38-46)82(64-43-60-57(74(6,7)31-34-77(60,12)13)40-53(64)51-24-20-23-50-49-22-19-18-21-47(49)25-27-52(50)51)65-44-61-59(76(10,11)33-35-78(61,14)15)42-63(65)80(69)71-70(54-41-58-62(45-68(54)83-71)79(16,17)36-32-75(58,8)9)81(66)48-26-28-55-56(39-48)73(4,5)30-29-72(55,2)3/h18-28,37-45H,29-36H2,1-17H3. The van der Waals surface area contributed by atoms with E-state index in [0.717, 1.165) is 56.2 Å². The van der Waals surface area contributed by atoms with Crippen molar-refractivity contribution in [3.05, 3.63) is 171 Å². The topological polar surface area (TPSA) is 19.6 Å². The van der Waals surface area contributed by atoms with E-state index >= 15 is 0 Å². The molecule has 83 heavy (non-hydrogen) atoms. The second kappa shape index (κ2) is 16.9. The van der Waals surface area contributed by atoms with Crippen LogP contribution in [0.4, 0.5) is 34.1 Å². The van der Waals surface area contributed by atoms with Crippen molar-refractivity contribution < 1.29 is 4.42 Å². The second-order valence-corrected chi connectivity index (χ2v) is 32.4. The minimum Gasteiger partial charge on any atom is -0.468 e. The quantitative estimate of drug-likeness (QED) is 0.130. The first-order chi connectivity index (χ1) is 39.0. The van der Waals surface area contributed by atoms with Gasteiger partial charge in [0.1, 0.15) is 5.58 Å². The van der Waals surface area contributed by atoms with E-state index in [2.05, 4.69) is 249 Å². The molecule has 0 fully saturated rings. The third kappa shape index (κ3) is 7.54. The molecule has 9 aromatic rings. The fourth-order valence-corrected chi connectivity index (χ4v) is 17.3. The summed E-state index contributed by atoms with van der Waals surface area (Å²) in [7, 11) is 0. The molecular weight excluding hydrogens is 1000 g/mol. The number of hydrogen-bond donors (Lipinski definition) is 0. The summed E-state index contributed by atoms with van der Waals surface area (Å²) in [6, 6.07) is 49.3. The molecule has 4 aliphatic carbocycles. The van der Waals surface area contributed by atoms with Gasteiger partial charge in [0.15, 0.2) is 0 Å². The van der Waals surface area contributed by atoms with Gasteiger partial charge < -0.3 is 14.2 Å². The number of aryl methyl sites for hydroxylation is 1. The van der Waals surface area contributed by atoms with E-state index < -0.39 is 0 Å². The van der Waals surface area contributed by atoms with Crippen molar-refractivity contribution in [2.45, 2.75) is 212 Å². The highest BCUT2D eigenvalue weighted by atomic mass is 16.3. The van der Waals surface area contributed by atoms with Crippen molar-refractivity contribution >= 4 is 89.9 Å². The summed E-state index contributed by atoms with van der Waals surface area (Å²) in [5.41, 5.74) is 27.9.